The zero-order valence-electron chi connectivity index (χ0n) is 51.7. The molecule has 0 spiro atoms. The van der Waals surface area contributed by atoms with Crippen LogP contribution in [0.3, 0.4) is 0 Å². The van der Waals surface area contributed by atoms with E-state index >= 15 is 0 Å². The zero-order valence-corrected chi connectivity index (χ0v) is 51.7. The highest BCUT2D eigenvalue weighted by Crippen LogP contribution is 2.43. The summed E-state index contributed by atoms with van der Waals surface area (Å²) in [6.07, 6.45) is 7.84. The fraction of sp³-hybridized carbons (Fsp3) is 0.244. The molecule has 9 aromatic rings. The van der Waals surface area contributed by atoms with Gasteiger partial charge in [-0.25, -0.2) is 0 Å². The molecule has 0 saturated carbocycles. The zero-order chi connectivity index (χ0) is 61.3. The van der Waals surface area contributed by atoms with Crippen LogP contribution in [0, 0.1) is 10.8 Å². The third kappa shape index (κ3) is 13.3. The van der Waals surface area contributed by atoms with Crippen molar-refractivity contribution in [2.45, 2.75) is 117 Å². The molecule has 0 saturated heterocycles. The van der Waals surface area contributed by atoms with Gasteiger partial charge in [-0.3, -0.25) is 10.8 Å². The molecule has 0 amide bonds. The Morgan fingerprint density at radius 2 is 1.03 bits per heavy atom. The van der Waals surface area contributed by atoms with Crippen LogP contribution in [0.4, 0.5) is 0 Å². The molecular weight excluding hydrogens is 1090 g/mol. The Bertz CT molecular complexity index is 4270. The SMILES string of the molecule is CC(C)(C)c1ccc(C(=N)OC(=N)c2ccc(COc3c(OCC4=CC=C(C5=C=C(c6ccc(C(C)(C)C)cc6)O5)CC4)cc(COc4ccc5c(c4)[nH]c4ccccc45)cc3OCc3ccc(C4=CC(c5ccc(C(C)(C)C)cc5)O4)cc3)cc2)cc1. The molecule has 0 radical (unpaired) electrons. The summed E-state index contributed by atoms with van der Waals surface area (Å²) < 4.78 is 45.4. The number of benzene rings is 8. The number of nitrogens with one attached hydrogen (secondary N) is 3. The Hall–Kier alpha value is -9.76. The summed E-state index contributed by atoms with van der Waals surface area (Å²) in [6.45, 7) is 20.7. The van der Waals surface area contributed by atoms with Crippen LogP contribution >= 0.6 is 0 Å². The van der Waals surface area contributed by atoms with Crippen molar-refractivity contribution in [1.82, 2.24) is 4.98 Å². The van der Waals surface area contributed by atoms with Gasteiger partial charge in [0, 0.05) is 56.3 Å². The average molecular weight is 1170 g/mol. The van der Waals surface area contributed by atoms with Crippen molar-refractivity contribution >= 4 is 45.1 Å². The van der Waals surface area contributed by atoms with Gasteiger partial charge in [0.1, 0.15) is 44.0 Å². The maximum Gasteiger partial charge on any atom is 0.221 e. The van der Waals surface area contributed by atoms with Crippen molar-refractivity contribution in [3.05, 3.63) is 278 Å². The molecule has 0 bridgehead atoms. The second kappa shape index (κ2) is 24.2. The topological polar surface area (TPSA) is 128 Å². The molecule has 1 unspecified atom stereocenters. The molecule has 2 aliphatic heterocycles. The summed E-state index contributed by atoms with van der Waals surface area (Å²) in [4.78, 5) is 3.54. The number of para-hydroxylation sites is 1. The van der Waals surface area contributed by atoms with Crippen molar-refractivity contribution in [2.24, 2.45) is 0 Å². The van der Waals surface area contributed by atoms with Crippen molar-refractivity contribution in [2.75, 3.05) is 6.61 Å². The minimum Gasteiger partial charge on any atom is -0.489 e. The maximum absolute atomic E-state index is 8.78. The smallest absolute Gasteiger partial charge is 0.221 e. The minimum atomic E-state index is -0.127. The number of rotatable bonds is 18. The molecular formula is C78H75N3O7. The molecule has 1 atom stereocenters. The lowest BCUT2D eigenvalue weighted by Crippen LogP contribution is -2.14. The van der Waals surface area contributed by atoms with E-state index in [1.165, 1.54) is 11.1 Å². The Morgan fingerprint density at radius 3 is 1.64 bits per heavy atom. The van der Waals surface area contributed by atoms with Gasteiger partial charge in [-0.2, -0.15) is 0 Å². The van der Waals surface area contributed by atoms with Crippen LogP contribution in [0.1, 0.15) is 142 Å². The molecule has 8 aromatic carbocycles. The Labute approximate surface area is 516 Å². The molecule has 1 aliphatic carbocycles. The van der Waals surface area contributed by atoms with Gasteiger partial charge in [-0.15, -0.1) is 0 Å². The molecule has 3 heterocycles. The normalized spacial score (nSPS) is 14.8. The number of allylic oxidation sites excluding steroid dienone is 3. The van der Waals surface area contributed by atoms with E-state index in [2.05, 4.69) is 188 Å². The first-order chi connectivity index (χ1) is 42.2. The molecule has 10 heteroatoms. The van der Waals surface area contributed by atoms with Gasteiger partial charge in [-0.05, 0) is 134 Å². The van der Waals surface area contributed by atoms with Crippen molar-refractivity contribution < 1.29 is 33.2 Å². The molecule has 3 N–H and O–H groups in total. The molecule has 444 valence electrons. The van der Waals surface area contributed by atoms with Crippen LogP contribution < -0.4 is 18.9 Å². The first-order valence-corrected chi connectivity index (χ1v) is 30.2. The fourth-order valence-electron chi connectivity index (χ4n) is 10.9. The van der Waals surface area contributed by atoms with Gasteiger partial charge in [0.2, 0.25) is 17.5 Å². The molecule has 10 nitrogen and oxygen atoms in total. The summed E-state index contributed by atoms with van der Waals surface area (Å²) in [5, 5.41) is 19.7. The Morgan fingerprint density at radius 1 is 0.511 bits per heavy atom. The number of hydrogen-bond donors (Lipinski definition) is 3. The van der Waals surface area contributed by atoms with Crippen molar-refractivity contribution in [3.63, 3.8) is 0 Å². The predicted octanol–water partition coefficient (Wildman–Crippen LogP) is 19.0. The number of ether oxygens (including phenoxy) is 7. The lowest BCUT2D eigenvalue weighted by molar-refractivity contribution is 0.172. The second-order valence-electron chi connectivity index (χ2n) is 26.1. The fourth-order valence-corrected chi connectivity index (χ4v) is 10.9. The highest BCUT2D eigenvalue weighted by atomic mass is 16.5. The first-order valence-electron chi connectivity index (χ1n) is 30.2. The highest BCUT2D eigenvalue weighted by Gasteiger charge is 2.27. The Kier molecular flexibility index (Phi) is 16.1. The van der Waals surface area contributed by atoms with Gasteiger partial charge >= 0.3 is 0 Å². The number of aromatic amines is 1. The third-order valence-corrected chi connectivity index (χ3v) is 16.5. The number of hydrogen-bond acceptors (Lipinski definition) is 9. The van der Waals surface area contributed by atoms with Crippen LogP contribution in [0.2, 0.25) is 0 Å². The van der Waals surface area contributed by atoms with E-state index in [4.69, 9.17) is 44.0 Å². The van der Waals surface area contributed by atoms with E-state index in [9.17, 15) is 0 Å². The largest absolute Gasteiger partial charge is 0.489 e. The van der Waals surface area contributed by atoms with E-state index in [1.54, 1.807) is 12.1 Å². The monoisotopic (exact) mass is 1170 g/mol. The van der Waals surface area contributed by atoms with Crippen LogP contribution in [0.5, 0.6) is 23.0 Å². The quantitative estimate of drug-likeness (QED) is 0.0443. The predicted molar refractivity (Wildman–Crippen MR) is 353 cm³/mol. The highest BCUT2D eigenvalue weighted by molar-refractivity contribution is 6.07. The van der Waals surface area contributed by atoms with E-state index in [0.29, 0.717) is 40.7 Å². The van der Waals surface area contributed by atoms with E-state index in [1.807, 2.05) is 66.7 Å². The van der Waals surface area contributed by atoms with Crippen LogP contribution in [0.15, 0.2) is 217 Å². The summed E-state index contributed by atoms with van der Waals surface area (Å²) in [7, 11) is 0. The summed E-state index contributed by atoms with van der Waals surface area (Å²) in [5.74, 6) is 4.30. The molecule has 88 heavy (non-hydrogen) atoms. The van der Waals surface area contributed by atoms with Crippen LogP contribution in [-0.2, 0) is 50.3 Å². The van der Waals surface area contributed by atoms with Gasteiger partial charge in [0.05, 0.1) is 5.52 Å². The number of H-pyrrole nitrogens is 1. The van der Waals surface area contributed by atoms with Gasteiger partial charge in [0.25, 0.3) is 0 Å². The standard InChI is InChI=1S/C78H75N3O7/c1-76(2,3)59-32-26-55(27-33-59)69-43-67(86-69)53-20-14-49(15-21-53)45-83-71-40-52(48-82-62-38-39-64-63-12-10-11-13-65(63)81-66(64)42-62)41-72(84-46-50-16-22-54(23-17-50)68-44-70(87-68)56-28-34-60(35-29-56)77(4,5)6)73(71)85-47-51-18-24-57(25-19-51)74(79)88-75(80)58-30-36-61(37-31-58)78(7,8)9/h10-16,18-22,24-43,69,79-81H,17,23,45-48H2,1-9H3. The molecule has 0 fully saturated rings. The molecule has 12 rings (SSSR count). The number of aromatic nitrogens is 1. The minimum absolute atomic E-state index is 0.0232. The summed E-state index contributed by atoms with van der Waals surface area (Å²) in [6, 6.07) is 59.0. The maximum atomic E-state index is 8.78. The summed E-state index contributed by atoms with van der Waals surface area (Å²) >= 11 is 0. The molecule has 1 aromatic heterocycles. The first kappa shape index (κ1) is 58.6. The van der Waals surface area contributed by atoms with Crippen molar-refractivity contribution in [1.29, 1.82) is 10.8 Å². The van der Waals surface area contributed by atoms with E-state index in [0.717, 1.165) is 102 Å². The second-order valence-corrected chi connectivity index (χ2v) is 26.1. The molecule has 3 aliphatic rings. The summed E-state index contributed by atoms with van der Waals surface area (Å²) in [5.41, 5.74) is 18.5. The van der Waals surface area contributed by atoms with Crippen molar-refractivity contribution in [3.8, 4) is 23.0 Å². The lowest BCUT2D eigenvalue weighted by Gasteiger charge is -2.28. The van der Waals surface area contributed by atoms with E-state index < -0.39 is 0 Å². The Balaban J connectivity index is 0.807. The third-order valence-electron chi connectivity index (χ3n) is 16.5. The van der Waals surface area contributed by atoms with E-state index in [-0.39, 0.29) is 54.0 Å². The average Bonchev–Trinajstić information content (AvgIpc) is 2.56. The van der Waals surface area contributed by atoms with Crippen LogP contribution in [0.25, 0.3) is 33.3 Å². The van der Waals surface area contributed by atoms with Crippen LogP contribution in [-0.4, -0.2) is 23.4 Å². The lowest BCUT2D eigenvalue weighted by atomic mass is 9.86. The van der Waals surface area contributed by atoms with Gasteiger partial charge in [-0.1, -0.05) is 190 Å². The number of fused-ring (bicyclic) bond motifs is 3. The van der Waals surface area contributed by atoms with Gasteiger partial charge in [0.15, 0.2) is 23.0 Å². The van der Waals surface area contributed by atoms with Gasteiger partial charge < -0.3 is 38.1 Å².